The first-order valence-electron chi connectivity index (χ1n) is 7.64. The smallest absolute Gasteiger partial charge is 0.253 e. The number of methoxy groups -OCH3 is 1. The van der Waals surface area contributed by atoms with Crippen molar-refractivity contribution in [2.45, 2.75) is 19.3 Å². The third-order valence-electron chi connectivity index (χ3n) is 3.59. The van der Waals surface area contributed by atoms with E-state index in [4.69, 9.17) is 17.0 Å². The molecule has 0 bridgehead atoms. The van der Waals surface area contributed by atoms with Gasteiger partial charge in [0, 0.05) is 44.6 Å². The standard InChI is InChI=1S/C16H23N3O2S/c1-21-12-4-9-17-16(22)18-14-7-5-13(6-8-14)15(20)19-10-2-3-11-19/h5-8H,2-4,9-12H2,1H3,(H2,17,18,22). The first kappa shape index (κ1) is 16.7. The van der Waals surface area contributed by atoms with Gasteiger partial charge in [-0.15, -0.1) is 0 Å². The molecule has 0 unspecified atom stereocenters. The lowest BCUT2D eigenvalue weighted by Crippen LogP contribution is -2.30. The van der Waals surface area contributed by atoms with Crippen LogP contribution in [0.1, 0.15) is 29.6 Å². The lowest BCUT2D eigenvalue weighted by atomic mass is 10.2. The first-order valence-corrected chi connectivity index (χ1v) is 8.04. The molecule has 22 heavy (non-hydrogen) atoms. The highest BCUT2D eigenvalue weighted by molar-refractivity contribution is 7.80. The molecule has 2 rings (SSSR count). The summed E-state index contributed by atoms with van der Waals surface area (Å²) in [4.78, 5) is 14.1. The van der Waals surface area contributed by atoms with Crippen LogP contribution < -0.4 is 10.6 Å². The molecule has 0 atom stereocenters. The molecule has 1 saturated heterocycles. The van der Waals surface area contributed by atoms with Gasteiger partial charge in [0.1, 0.15) is 0 Å². The fourth-order valence-electron chi connectivity index (χ4n) is 2.39. The van der Waals surface area contributed by atoms with Gasteiger partial charge in [-0.3, -0.25) is 4.79 Å². The van der Waals surface area contributed by atoms with E-state index in [0.29, 0.717) is 11.7 Å². The minimum Gasteiger partial charge on any atom is -0.385 e. The third kappa shape index (κ3) is 4.96. The van der Waals surface area contributed by atoms with Crippen LogP contribution >= 0.6 is 12.2 Å². The van der Waals surface area contributed by atoms with Crippen LogP contribution in [0.4, 0.5) is 5.69 Å². The molecule has 1 fully saturated rings. The van der Waals surface area contributed by atoms with E-state index in [2.05, 4.69) is 10.6 Å². The highest BCUT2D eigenvalue weighted by Crippen LogP contribution is 2.15. The summed E-state index contributed by atoms with van der Waals surface area (Å²) >= 11 is 5.22. The predicted octanol–water partition coefficient (Wildman–Crippen LogP) is 2.25. The molecule has 5 nitrogen and oxygen atoms in total. The number of benzene rings is 1. The number of amides is 1. The van der Waals surface area contributed by atoms with Gasteiger partial charge in [0.25, 0.3) is 5.91 Å². The van der Waals surface area contributed by atoms with Crippen molar-refractivity contribution < 1.29 is 9.53 Å². The van der Waals surface area contributed by atoms with E-state index in [1.54, 1.807) is 7.11 Å². The zero-order valence-electron chi connectivity index (χ0n) is 12.9. The fraction of sp³-hybridized carbons (Fsp3) is 0.500. The van der Waals surface area contributed by atoms with E-state index in [-0.39, 0.29) is 5.91 Å². The molecule has 6 heteroatoms. The number of anilines is 1. The van der Waals surface area contributed by atoms with Crippen LogP contribution in [0.15, 0.2) is 24.3 Å². The summed E-state index contributed by atoms with van der Waals surface area (Å²) in [5.74, 6) is 0.115. The van der Waals surface area contributed by atoms with E-state index in [9.17, 15) is 4.79 Å². The number of rotatable bonds is 6. The van der Waals surface area contributed by atoms with Gasteiger partial charge in [-0.05, 0) is 55.7 Å². The fourth-order valence-corrected chi connectivity index (χ4v) is 2.61. The first-order chi connectivity index (χ1) is 10.7. The molecule has 1 aliphatic rings. The number of nitrogens with zero attached hydrogens (tertiary/aromatic N) is 1. The van der Waals surface area contributed by atoms with Gasteiger partial charge in [0.2, 0.25) is 0 Å². The largest absolute Gasteiger partial charge is 0.385 e. The number of nitrogens with one attached hydrogen (secondary N) is 2. The van der Waals surface area contributed by atoms with E-state index in [1.165, 1.54) is 0 Å². The monoisotopic (exact) mass is 321 g/mol. The van der Waals surface area contributed by atoms with Crippen molar-refractivity contribution in [1.29, 1.82) is 0 Å². The maximum absolute atomic E-state index is 12.2. The molecule has 120 valence electrons. The zero-order chi connectivity index (χ0) is 15.8. The van der Waals surface area contributed by atoms with Gasteiger partial charge in [-0.2, -0.15) is 0 Å². The molecule has 0 spiro atoms. The average Bonchev–Trinajstić information content (AvgIpc) is 3.06. The summed E-state index contributed by atoms with van der Waals surface area (Å²) in [7, 11) is 1.68. The summed E-state index contributed by atoms with van der Waals surface area (Å²) in [5.41, 5.74) is 1.61. The number of likely N-dealkylation sites (tertiary alicyclic amines) is 1. The number of hydrogen-bond donors (Lipinski definition) is 2. The van der Waals surface area contributed by atoms with Crippen LogP contribution in [0.2, 0.25) is 0 Å². The maximum atomic E-state index is 12.2. The van der Waals surface area contributed by atoms with E-state index in [0.717, 1.165) is 50.1 Å². The summed E-state index contributed by atoms with van der Waals surface area (Å²) < 4.78 is 4.98. The number of ether oxygens (including phenoxy) is 1. The van der Waals surface area contributed by atoms with Crippen molar-refractivity contribution in [1.82, 2.24) is 10.2 Å². The molecule has 1 amide bonds. The normalized spacial score (nSPS) is 14.0. The predicted molar refractivity (Wildman–Crippen MR) is 92.3 cm³/mol. The minimum atomic E-state index is 0.115. The Balaban J connectivity index is 1.81. The number of carbonyl (C=O) groups excluding carboxylic acids is 1. The summed E-state index contributed by atoms with van der Waals surface area (Å²) in [6, 6.07) is 7.45. The Morgan fingerprint density at radius 1 is 1.27 bits per heavy atom. The molecule has 0 aliphatic carbocycles. The molecular weight excluding hydrogens is 298 g/mol. The molecule has 1 aliphatic heterocycles. The van der Waals surface area contributed by atoms with Gasteiger partial charge in [-0.1, -0.05) is 0 Å². The Kier molecular flexibility index (Phi) is 6.61. The highest BCUT2D eigenvalue weighted by atomic mass is 32.1. The number of hydrogen-bond acceptors (Lipinski definition) is 3. The van der Waals surface area contributed by atoms with Crippen molar-refractivity contribution in [2.75, 3.05) is 38.7 Å². The third-order valence-corrected chi connectivity index (χ3v) is 3.84. The molecule has 0 saturated carbocycles. The Bertz CT molecular complexity index is 499. The van der Waals surface area contributed by atoms with Gasteiger partial charge >= 0.3 is 0 Å². The van der Waals surface area contributed by atoms with Gasteiger partial charge in [-0.25, -0.2) is 0 Å². The van der Waals surface area contributed by atoms with Crippen LogP contribution in [0.5, 0.6) is 0 Å². The lowest BCUT2D eigenvalue weighted by Gasteiger charge is -2.15. The van der Waals surface area contributed by atoms with Crippen LogP contribution in [-0.2, 0) is 4.74 Å². The number of thiocarbonyl (C=S) groups is 1. The topological polar surface area (TPSA) is 53.6 Å². The second-order valence-corrected chi connectivity index (χ2v) is 5.71. The van der Waals surface area contributed by atoms with E-state index >= 15 is 0 Å². The van der Waals surface area contributed by atoms with E-state index in [1.807, 2.05) is 29.2 Å². The van der Waals surface area contributed by atoms with Crippen LogP contribution in [0, 0.1) is 0 Å². The van der Waals surface area contributed by atoms with Crippen molar-refractivity contribution in [3.8, 4) is 0 Å². The molecule has 0 aromatic heterocycles. The van der Waals surface area contributed by atoms with E-state index < -0.39 is 0 Å². The van der Waals surface area contributed by atoms with Crippen molar-refractivity contribution in [2.24, 2.45) is 0 Å². The average molecular weight is 321 g/mol. The number of carbonyl (C=O) groups is 1. The Morgan fingerprint density at radius 2 is 1.95 bits per heavy atom. The Hall–Kier alpha value is -1.66. The second-order valence-electron chi connectivity index (χ2n) is 5.30. The van der Waals surface area contributed by atoms with Crippen molar-refractivity contribution in [3.63, 3.8) is 0 Å². The van der Waals surface area contributed by atoms with Gasteiger partial charge in [0.15, 0.2) is 5.11 Å². The molecule has 1 aromatic carbocycles. The Morgan fingerprint density at radius 3 is 2.59 bits per heavy atom. The molecule has 1 aromatic rings. The second kappa shape index (κ2) is 8.70. The SMILES string of the molecule is COCCCNC(=S)Nc1ccc(C(=O)N2CCCC2)cc1. The van der Waals surface area contributed by atoms with Crippen LogP contribution in [0.3, 0.4) is 0 Å². The van der Waals surface area contributed by atoms with Gasteiger partial charge in [0.05, 0.1) is 0 Å². The maximum Gasteiger partial charge on any atom is 0.253 e. The van der Waals surface area contributed by atoms with Crippen LogP contribution in [-0.4, -0.2) is 49.3 Å². The minimum absolute atomic E-state index is 0.115. The lowest BCUT2D eigenvalue weighted by molar-refractivity contribution is 0.0793. The molecule has 1 heterocycles. The van der Waals surface area contributed by atoms with Gasteiger partial charge < -0.3 is 20.3 Å². The zero-order valence-corrected chi connectivity index (χ0v) is 13.7. The molecular formula is C16H23N3O2S. The van der Waals surface area contributed by atoms with Crippen molar-refractivity contribution in [3.05, 3.63) is 29.8 Å². The summed E-state index contributed by atoms with van der Waals surface area (Å²) in [6.07, 6.45) is 3.12. The van der Waals surface area contributed by atoms with Crippen molar-refractivity contribution >= 4 is 28.9 Å². The molecule has 2 N–H and O–H groups in total. The summed E-state index contributed by atoms with van der Waals surface area (Å²) in [6.45, 7) is 3.22. The Labute approximate surface area is 137 Å². The molecule has 0 radical (unpaired) electrons. The van der Waals surface area contributed by atoms with Crippen LogP contribution in [0.25, 0.3) is 0 Å². The highest BCUT2D eigenvalue weighted by Gasteiger charge is 2.19. The summed E-state index contributed by atoms with van der Waals surface area (Å²) in [5, 5.41) is 6.80. The quantitative estimate of drug-likeness (QED) is 0.622.